The molecule has 1 aromatic heterocycles. The van der Waals surface area contributed by atoms with Crippen LogP contribution in [0.4, 0.5) is 21.9 Å². The molecule has 3 aromatic carbocycles. The third-order valence-electron chi connectivity index (χ3n) is 4.53. The quantitative estimate of drug-likeness (QED) is 0.416. The van der Waals surface area contributed by atoms with E-state index >= 15 is 0 Å². The molecule has 0 aliphatic rings. The Morgan fingerprint density at radius 3 is 2.19 bits per heavy atom. The minimum Gasteiger partial charge on any atom is -0.438 e. The number of nitrogens with zero attached hydrogens (tertiary/aromatic N) is 3. The third-order valence-corrected chi connectivity index (χ3v) is 4.78. The van der Waals surface area contributed by atoms with Crippen LogP contribution in [0.2, 0.25) is 5.02 Å². The first kappa shape index (κ1) is 20.4. The number of anilines is 3. The number of rotatable bonds is 5. The molecule has 0 radical (unpaired) electrons. The van der Waals surface area contributed by atoms with Crippen molar-refractivity contribution in [1.29, 1.82) is 0 Å². The molecule has 0 bridgehead atoms. The van der Waals surface area contributed by atoms with Crippen LogP contribution in [0, 0.1) is 0 Å². The topological polar surface area (TPSA) is 79.4 Å². The smallest absolute Gasteiger partial charge is 0.323 e. The Hall–Kier alpha value is -3.84. The lowest BCUT2D eigenvalue weighted by Crippen LogP contribution is -2.19. The molecule has 7 nitrogen and oxygen atoms in total. The molecule has 0 saturated carbocycles. The standard InChI is InChI=1S/C23H20ClN5O2/c1-29(2)18-9-12-20-21(13-18)25-14-26-22(20)31-19-10-7-17(8-11-19)28-23(30)27-16-5-3-15(24)4-6-16/h3-14H,1-2H3,(H2,27,28,30). The number of benzene rings is 3. The fourth-order valence-electron chi connectivity index (χ4n) is 2.92. The van der Waals surface area contributed by atoms with Crippen molar-refractivity contribution in [3.63, 3.8) is 0 Å². The van der Waals surface area contributed by atoms with Crippen molar-refractivity contribution < 1.29 is 9.53 Å². The molecule has 0 fully saturated rings. The van der Waals surface area contributed by atoms with Crippen molar-refractivity contribution in [1.82, 2.24) is 9.97 Å². The van der Waals surface area contributed by atoms with Crippen LogP contribution in [-0.2, 0) is 0 Å². The number of ether oxygens (including phenoxy) is 1. The molecule has 2 N–H and O–H groups in total. The maximum absolute atomic E-state index is 12.2. The molecule has 0 unspecified atom stereocenters. The molecule has 0 saturated heterocycles. The van der Waals surface area contributed by atoms with Gasteiger partial charge in [0.05, 0.1) is 10.9 Å². The molecule has 0 spiro atoms. The molecule has 0 aliphatic carbocycles. The molecular weight excluding hydrogens is 414 g/mol. The van der Waals surface area contributed by atoms with Crippen LogP contribution < -0.4 is 20.3 Å². The highest BCUT2D eigenvalue weighted by molar-refractivity contribution is 6.30. The van der Waals surface area contributed by atoms with Crippen LogP contribution in [0.1, 0.15) is 0 Å². The van der Waals surface area contributed by atoms with E-state index in [4.69, 9.17) is 16.3 Å². The minimum absolute atomic E-state index is 0.352. The predicted molar refractivity (Wildman–Crippen MR) is 124 cm³/mol. The molecular formula is C23H20ClN5O2. The summed E-state index contributed by atoms with van der Waals surface area (Å²) in [5.41, 5.74) is 3.12. The lowest BCUT2D eigenvalue weighted by Gasteiger charge is -2.13. The molecule has 156 valence electrons. The number of halogens is 1. The highest BCUT2D eigenvalue weighted by Gasteiger charge is 2.09. The maximum Gasteiger partial charge on any atom is 0.323 e. The monoisotopic (exact) mass is 433 g/mol. The first-order valence-electron chi connectivity index (χ1n) is 9.51. The fraction of sp³-hybridized carbons (Fsp3) is 0.0870. The van der Waals surface area contributed by atoms with Crippen molar-refractivity contribution in [2.24, 2.45) is 0 Å². The Kier molecular flexibility index (Phi) is 5.86. The fourth-order valence-corrected chi connectivity index (χ4v) is 3.05. The van der Waals surface area contributed by atoms with Crippen molar-refractivity contribution >= 4 is 45.6 Å². The second-order valence-corrected chi connectivity index (χ2v) is 7.42. The number of hydrogen-bond donors (Lipinski definition) is 2. The van der Waals surface area contributed by atoms with Crippen molar-refractivity contribution in [3.05, 3.63) is 78.1 Å². The zero-order valence-electron chi connectivity index (χ0n) is 17.0. The SMILES string of the molecule is CN(C)c1ccc2c(Oc3ccc(NC(=O)Nc4ccc(Cl)cc4)cc3)ncnc2c1. The Bertz CT molecular complexity index is 1210. The lowest BCUT2D eigenvalue weighted by molar-refractivity contribution is 0.262. The highest BCUT2D eigenvalue weighted by atomic mass is 35.5. The Morgan fingerprint density at radius 2 is 1.55 bits per heavy atom. The van der Waals surface area contributed by atoms with Gasteiger partial charge in [-0.25, -0.2) is 14.8 Å². The van der Waals surface area contributed by atoms with E-state index in [1.807, 2.05) is 37.2 Å². The van der Waals surface area contributed by atoms with Crippen molar-refractivity contribution in [2.75, 3.05) is 29.6 Å². The highest BCUT2D eigenvalue weighted by Crippen LogP contribution is 2.29. The molecule has 0 aliphatic heterocycles. The summed E-state index contributed by atoms with van der Waals surface area (Å²) in [6.45, 7) is 0. The van der Waals surface area contributed by atoms with E-state index in [2.05, 4.69) is 20.6 Å². The summed E-state index contributed by atoms with van der Waals surface area (Å²) in [5.74, 6) is 1.07. The number of carbonyl (C=O) groups excluding carboxylic acids is 1. The van der Waals surface area contributed by atoms with Gasteiger partial charge in [-0.3, -0.25) is 0 Å². The number of amides is 2. The van der Waals surface area contributed by atoms with Gasteiger partial charge in [0.15, 0.2) is 0 Å². The largest absolute Gasteiger partial charge is 0.438 e. The van der Waals surface area contributed by atoms with Gasteiger partial charge in [-0.15, -0.1) is 0 Å². The summed E-state index contributed by atoms with van der Waals surface area (Å²) in [6, 6.07) is 19.5. The Morgan fingerprint density at radius 1 is 0.903 bits per heavy atom. The van der Waals surface area contributed by atoms with E-state index < -0.39 is 0 Å². The van der Waals surface area contributed by atoms with Crippen LogP contribution >= 0.6 is 11.6 Å². The van der Waals surface area contributed by atoms with Crippen LogP contribution in [0.15, 0.2) is 73.1 Å². The lowest BCUT2D eigenvalue weighted by atomic mass is 10.2. The molecule has 8 heteroatoms. The number of urea groups is 1. The summed E-state index contributed by atoms with van der Waals surface area (Å²) >= 11 is 5.85. The van der Waals surface area contributed by atoms with Crippen LogP contribution in [-0.4, -0.2) is 30.1 Å². The van der Waals surface area contributed by atoms with Crippen molar-refractivity contribution in [3.8, 4) is 11.6 Å². The first-order chi connectivity index (χ1) is 15.0. The second-order valence-electron chi connectivity index (χ2n) is 6.99. The second kappa shape index (κ2) is 8.89. The Balaban J connectivity index is 1.44. The zero-order chi connectivity index (χ0) is 21.8. The van der Waals surface area contributed by atoms with E-state index in [1.54, 1.807) is 48.5 Å². The van der Waals surface area contributed by atoms with E-state index in [9.17, 15) is 4.79 Å². The summed E-state index contributed by atoms with van der Waals surface area (Å²) in [5, 5.41) is 6.94. The molecule has 1 heterocycles. The van der Waals surface area contributed by atoms with Gasteiger partial charge in [0.25, 0.3) is 0 Å². The molecule has 4 rings (SSSR count). The predicted octanol–water partition coefficient (Wildman–Crippen LogP) is 5.79. The third kappa shape index (κ3) is 5.02. The normalized spacial score (nSPS) is 10.5. The van der Waals surface area contributed by atoms with Gasteiger partial charge >= 0.3 is 6.03 Å². The van der Waals surface area contributed by atoms with E-state index in [1.165, 1.54) is 6.33 Å². The molecule has 31 heavy (non-hydrogen) atoms. The van der Waals surface area contributed by atoms with Crippen LogP contribution in [0.3, 0.4) is 0 Å². The summed E-state index contributed by atoms with van der Waals surface area (Å²) in [6.07, 6.45) is 1.48. The van der Waals surface area contributed by atoms with Gasteiger partial charge in [0, 0.05) is 36.2 Å². The van der Waals surface area contributed by atoms with E-state index in [0.717, 1.165) is 16.6 Å². The van der Waals surface area contributed by atoms with Gasteiger partial charge in [-0.05, 0) is 66.7 Å². The minimum atomic E-state index is -0.352. The summed E-state index contributed by atoms with van der Waals surface area (Å²) in [7, 11) is 3.95. The van der Waals surface area contributed by atoms with Gasteiger partial charge in [0.1, 0.15) is 12.1 Å². The van der Waals surface area contributed by atoms with Crippen molar-refractivity contribution in [2.45, 2.75) is 0 Å². The number of fused-ring (bicyclic) bond motifs is 1. The van der Waals surface area contributed by atoms with Gasteiger partial charge in [-0.1, -0.05) is 11.6 Å². The molecule has 0 atom stereocenters. The summed E-state index contributed by atoms with van der Waals surface area (Å²) in [4.78, 5) is 22.8. The van der Waals surface area contributed by atoms with E-state index in [-0.39, 0.29) is 6.03 Å². The molecule has 2 amide bonds. The average Bonchev–Trinajstić information content (AvgIpc) is 2.76. The van der Waals surface area contributed by atoms with Gasteiger partial charge in [-0.2, -0.15) is 0 Å². The molecule has 4 aromatic rings. The van der Waals surface area contributed by atoms with Crippen LogP contribution in [0.25, 0.3) is 10.9 Å². The average molecular weight is 434 g/mol. The number of aromatic nitrogens is 2. The summed E-state index contributed by atoms with van der Waals surface area (Å²) < 4.78 is 5.95. The zero-order valence-corrected chi connectivity index (χ0v) is 17.7. The number of nitrogens with one attached hydrogen (secondary N) is 2. The van der Waals surface area contributed by atoms with Gasteiger partial charge < -0.3 is 20.3 Å². The van der Waals surface area contributed by atoms with E-state index in [0.29, 0.717) is 28.0 Å². The Labute approximate surface area is 184 Å². The number of carbonyl (C=O) groups is 1. The van der Waals surface area contributed by atoms with Gasteiger partial charge in [0.2, 0.25) is 5.88 Å². The number of hydrogen-bond acceptors (Lipinski definition) is 5. The maximum atomic E-state index is 12.2. The first-order valence-corrected chi connectivity index (χ1v) is 9.89. The van der Waals surface area contributed by atoms with Crippen LogP contribution in [0.5, 0.6) is 11.6 Å².